The van der Waals surface area contributed by atoms with Gasteiger partial charge in [0, 0.05) is 5.69 Å². The van der Waals surface area contributed by atoms with Crippen molar-refractivity contribution in [2.45, 2.75) is 6.92 Å². The molecule has 0 radical (unpaired) electrons. The summed E-state index contributed by atoms with van der Waals surface area (Å²) in [6.45, 7) is 2.06. The topological polar surface area (TPSA) is 73.6 Å². The van der Waals surface area contributed by atoms with Gasteiger partial charge in [-0.25, -0.2) is 4.79 Å². The van der Waals surface area contributed by atoms with Gasteiger partial charge in [-0.15, -0.1) is 0 Å². The van der Waals surface area contributed by atoms with Crippen molar-refractivity contribution in [3.63, 3.8) is 0 Å². The molecular weight excluding hydrogens is 220 g/mol. The van der Waals surface area contributed by atoms with Gasteiger partial charge >= 0.3 is 5.97 Å². The number of nitrogens with two attached hydrogens (primary N) is 1. The highest BCUT2D eigenvalue weighted by Crippen LogP contribution is 2.15. The van der Waals surface area contributed by atoms with Crippen molar-refractivity contribution in [1.82, 2.24) is 0 Å². The van der Waals surface area contributed by atoms with E-state index in [1.165, 1.54) is 6.08 Å². The van der Waals surface area contributed by atoms with Crippen molar-refractivity contribution >= 4 is 11.7 Å². The number of anilines is 1. The van der Waals surface area contributed by atoms with Gasteiger partial charge in [-0.05, 0) is 31.2 Å². The fourth-order valence-electron chi connectivity index (χ4n) is 1.19. The minimum Gasteiger partial charge on any atom is -0.497 e. The Morgan fingerprint density at radius 2 is 2.06 bits per heavy atom. The Balaban J connectivity index is 2.60. The maximum atomic E-state index is 11.1. The third kappa shape index (κ3) is 4.46. The number of esters is 1. The van der Waals surface area contributed by atoms with Crippen molar-refractivity contribution < 1.29 is 14.3 Å². The molecule has 0 saturated heterocycles. The lowest BCUT2D eigenvalue weighted by molar-refractivity contribution is -0.137. The monoisotopic (exact) mass is 236 g/mol. The molecule has 1 aromatic rings. The number of rotatable bonds is 5. The Morgan fingerprint density at radius 1 is 1.41 bits per heavy atom. The lowest BCUT2D eigenvalue weighted by Gasteiger charge is -2.07. The molecule has 0 aliphatic rings. The number of carbonyl (C=O) groups excluding carboxylic acids is 1. The van der Waals surface area contributed by atoms with Gasteiger partial charge in [-0.1, -0.05) is 0 Å². The lowest BCUT2D eigenvalue weighted by Crippen LogP contribution is -2.12. The van der Waals surface area contributed by atoms with Gasteiger partial charge in [0.05, 0.1) is 19.8 Å². The molecule has 0 saturated carbocycles. The fourth-order valence-corrected chi connectivity index (χ4v) is 1.19. The molecule has 3 N–H and O–H groups in total. The number of benzene rings is 1. The van der Waals surface area contributed by atoms with Crippen LogP contribution in [0, 0.1) is 0 Å². The summed E-state index contributed by atoms with van der Waals surface area (Å²) in [6, 6.07) is 7.18. The molecule has 0 amide bonds. The third-order valence-electron chi connectivity index (χ3n) is 1.94. The van der Waals surface area contributed by atoms with Crippen LogP contribution in [0.15, 0.2) is 36.2 Å². The Kier molecular flexibility index (Phi) is 4.87. The highest BCUT2D eigenvalue weighted by molar-refractivity contribution is 5.83. The number of methoxy groups -OCH3 is 1. The molecule has 0 aromatic heterocycles. The highest BCUT2D eigenvalue weighted by atomic mass is 16.5. The number of carbonyl (C=O) groups is 1. The van der Waals surface area contributed by atoms with Crippen molar-refractivity contribution in [1.29, 1.82) is 0 Å². The van der Waals surface area contributed by atoms with Gasteiger partial charge in [0.15, 0.2) is 0 Å². The number of hydrogen-bond acceptors (Lipinski definition) is 5. The van der Waals surface area contributed by atoms with Gasteiger partial charge in [0.1, 0.15) is 11.6 Å². The normalized spacial score (nSPS) is 10.8. The van der Waals surface area contributed by atoms with Crippen LogP contribution in [0.3, 0.4) is 0 Å². The predicted octanol–water partition coefficient (Wildman–Crippen LogP) is 1.47. The van der Waals surface area contributed by atoms with Crippen LogP contribution in [-0.4, -0.2) is 19.7 Å². The fraction of sp³-hybridized carbons (Fsp3) is 0.250. The minimum atomic E-state index is -0.467. The number of nitrogens with one attached hydrogen (secondary N) is 1. The second-order valence-electron chi connectivity index (χ2n) is 3.21. The molecule has 1 aromatic carbocycles. The van der Waals surface area contributed by atoms with E-state index in [9.17, 15) is 4.79 Å². The molecule has 92 valence electrons. The van der Waals surface area contributed by atoms with Crippen LogP contribution in [0.1, 0.15) is 6.92 Å². The van der Waals surface area contributed by atoms with Crippen LogP contribution >= 0.6 is 0 Å². The molecule has 0 aliphatic heterocycles. The smallest absolute Gasteiger partial charge is 0.334 e. The summed E-state index contributed by atoms with van der Waals surface area (Å²) >= 11 is 0. The first-order valence-electron chi connectivity index (χ1n) is 5.20. The summed E-state index contributed by atoms with van der Waals surface area (Å²) in [7, 11) is 1.59. The van der Waals surface area contributed by atoms with E-state index in [2.05, 4.69) is 5.32 Å². The minimum absolute atomic E-state index is 0.230. The molecule has 17 heavy (non-hydrogen) atoms. The molecule has 5 heteroatoms. The predicted molar refractivity (Wildman–Crippen MR) is 65.5 cm³/mol. The molecule has 0 spiro atoms. The van der Waals surface area contributed by atoms with E-state index in [0.717, 1.165) is 11.4 Å². The van der Waals surface area contributed by atoms with Gasteiger partial charge < -0.3 is 20.5 Å². The first-order chi connectivity index (χ1) is 8.15. The molecule has 0 atom stereocenters. The maximum absolute atomic E-state index is 11.1. The Hall–Kier alpha value is -2.17. The largest absolute Gasteiger partial charge is 0.497 e. The zero-order valence-corrected chi connectivity index (χ0v) is 9.90. The second kappa shape index (κ2) is 6.42. The number of ether oxygens (including phenoxy) is 2. The highest BCUT2D eigenvalue weighted by Gasteiger charge is 1.99. The second-order valence-corrected chi connectivity index (χ2v) is 3.21. The van der Waals surface area contributed by atoms with Gasteiger partial charge in [0.25, 0.3) is 0 Å². The van der Waals surface area contributed by atoms with E-state index in [4.69, 9.17) is 15.2 Å². The summed E-state index contributed by atoms with van der Waals surface area (Å²) in [5, 5.41) is 2.86. The van der Waals surface area contributed by atoms with Crippen LogP contribution < -0.4 is 15.8 Å². The Morgan fingerprint density at radius 3 is 2.59 bits per heavy atom. The van der Waals surface area contributed by atoms with E-state index in [1.807, 2.05) is 0 Å². The Labute approximate surface area is 100 Å². The summed E-state index contributed by atoms with van der Waals surface area (Å²) in [5.41, 5.74) is 6.39. The quantitative estimate of drug-likeness (QED) is 0.598. The van der Waals surface area contributed by atoms with Crippen molar-refractivity contribution in [2.75, 3.05) is 19.0 Å². The van der Waals surface area contributed by atoms with Crippen LogP contribution in [0.5, 0.6) is 5.75 Å². The van der Waals surface area contributed by atoms with Gasteiger partial charge in [-0.3, -0.25) is 0 Å². The van der Waals surface area contributed by atoms with Crippen molar-refractivity contribution in [3.05, 3.63) is 36.2 Å². The van der Waals surface area contributed by atoms with Crippen LogP contribution in [0.25, 0.3) is 0 Å². The zero-order chi connectivity index (χ0) is 12.7. The molecule has 0 unspecified atom stereocenters. The first-order valence-corrected chi connectivity index (χ1v) is 5.20. The zero-order valence-electron chi connectivity index (χ0n) is 9.90. The van der Waals surface area contributed by atoms with E-state index in [-0.39, 0.29) is 5.82 Å². The average molecular weight is 236 g/mol. The molecule has 0 heterocycles. The maximum Gasteiger partial charge on any atom is 0.334 e. The SMILES string of the molecule is CCOC(=O)/C=C(/N)Nc1ccc(OC)cc1. The van der Waals surface area contributed by atoms with E-state index in [1.54, 1.807) is 38.3 Å². The van der Waals surface area contributed by atoms with E-state index in [0.29, 0.717) is 6.61 Å². The van der Waals surface area contributed by atoms with Gasteiger partial charge in [0.2, 0.25) is 0 Å². The first kappa shape index (κ1) is 12.9. The average Bonchev–Trinajstić information content (AvgIpc) is 2.30. The molecule has 5 nitrogen and oxygen atoms in total. The molecule has 0 bridgehead atoms. The summed E-state index contributed by atoms with van der Waals surface area (Å²) in [4.78, 5) is 11.1. The molecule has 0 aliphatic carbocycles. The summed E-state index contributed by atoms with van der Waals surface area (Å²) in [5.74, 6) is 0.517. The molecule has 1 rings (SSSR count). The molecular formula is C12H16N2O3. The van der Waals surface area contributed by atoms with Crippen LogP contribution in [0.4, 0.5) is 5.69 Å². The Bertz CT molecular complexity index is 399. The van der Waals surface area contributed by atoms with Crippen molar-refractivity contribution in [2.24, 2.45) is 5.73 Å². The van der Waals surface area contributed by atoms with Crippen LogP contribution in [-0.2, 0) is 9.53 Å². The van der Waals surface area contributed by atoms with Crippen molar-refractivity contribution in [3.8, 4) is 5.75 Å². The number of hydrogen-bond donors (Lipinski definition) is 2. The lowest BCUT2D eigenvalue weighted by atomic mass is 10.3. The van der Waals surface area contributed by atoms with E-state index >= 15 is 0 Å². The van der Waals surface area contributed by atoms with Crippen LogP contribution in [0.2, 0.25) is 0 Å². The summed E-state index contributed by atoms with van der Waals surface area (Å²) < 4.78 is 9.75. The third-order valence-corrected chi connectivity index (χ3v) is 1.94. The standard InChI is InChI=1S/C12H16N2O3/c1-3-17-12(15)8-11(13)14-9-4-6-10(16-2)7-5-9/h4-8,14H,3,13H2,1-2H3/b11-8-. The summed E-state index contributed by atoms with van der Waals surface area (Å²) in [6.07, 6.45) is 1.20. The van der Waals surface area contributed by atoms with E-state index < -0.39 is 5.97 Å². The molecule has 0 fully saturated rings. The van der Waals surface area contributed by atoms with Gasteiger partial charge in [-0.2, -0.15) is 0 Å².